The summed E-state index contributed by atoms with van der Waals surface area (Å²) >= 11 is 0. The number of halogens is 2. The van der Waals surface area contributed by atoms with E-state index in [-0.39, 0.29) is 36.4 Å². The maximum absolute atomic E-state index is 13.6. The first-order valence-corrected chi connectivity index (χ1v) is 11.2. The molecule has 6 rings (SSSR count). The van der Waals surface area contributed by atoms with Gasteiger partial charge in [0.1, 0.15) is 0 Å². The Morgan fingerprint density at radius 2 is 1.89 bits per heavy atom. The average Bonchev–Trinajstić information content (AvgIpc) is 3.37. The number of carbonyl (C=O) groups is 1. The van der Waals surface area contributed by atoms with E-state index in [2.05, 4.69) is 20.1 Å². The Hall–Kier alpha value is -4.15. The number of likely N-dealkylation sites (tertiary alicyclic amines) is 1. The molecule has 178 valence electrons. The van der Waals surface area contributed by atoms with E-state index < -0.39 is 23.6 Å². The Kier molecular flexibility index (Phi) is 4.87. The fourth-order valence-corrected chi connectivity index (χ4v) is 4.83. The topological polar surface area (TPSA) is 116 Å². The highest BCUT2D eigenvalue weighted by Gasteiger charge is 2.42. The Balaban J connectivity index is 1.31. The van der Waals surface area contributed by atoms with Gasteiger partial charge in [0.05, 0.1) is 24.3 Å². The predicted molar refractivity (Wildman–Crippen MR) is 122 cm³/mol. The molecule has 1 aliphatic carbocycles. The Labute approximate surface area is 196 Å². The molecule has 0 unspecified atom stereocenters. The molecule has 0 spiro atoms. The zero-order valence-electron chi connectivity index (χ0n) is 18.3. The fourth-order valence-electron chi connectivity index (χ4n) is 4.83. The molecular weight excluding hydrogens is 458 g/mol. The van der Waals surface area contributed by atoms with Gasteiger partial charge in [-0.25, -0.2) is 23.1 Å². The molecule has 4 atom stereocenters. The third-order valence-electron chi connectivity index (χ3n) is 6.70. The van der Waals surface area contributed by atoms with Crippen molar-refractivity contribution in [3.05, 3.63) is 86.5 Å². The number of carbonyl (C=O) groups excluding carboxylic acids is 1. The third-order valence-corrected chi connectivity index (χ3v) is 6.70. The van der Waals surface area contributed by atoms with Crippen LogP contribution < -0.4 is 11.2 Å². The van der Waals surface area contributed by atoms with Gasteiger partial charge in [0.2, 0.25) is 0 Å². The van der Waals surface area contributed by atoms with Gasteiger partial charge in [-0.15, -0.1) is 0 Å². The molecule has 3 aromatic heterocycles. The summed E-state index contributed by atoms with van der Waals surface area (Å²) in [5.74, 6) is -0.203. The highest BCUT2D eigenvalue weighted by atomic mass is 19.2. The van der Waals surface area contributed by atoms with Gasteiger partial charge in [-0.3, -0.25) is 14.6 Å². The molecule has 2 aliphatic rings. The number of rotatable bonds is 4. The minimum Gasteiger partial charge on any atom is -0.333 e. The van der Waals surface area contributed by atoms with Gasteiger partial charge in [-0.05, 0) is 42.0 Å². The molecule has 1 saturated heterocycles. The molecule has 1 aromatic carbocycles. The van der Waals surface area contributed by atoms with Crippen LogP contribution in [-0.4, -0.2) is 60.8 Å². The van der Waals surface area contributed by atoms with Crippen molar-refractivity contribution in [2.75, 3.05) is 13.1 Å². The van der Waals surface area contributed by atoms with E-state index in [4.69, 9.17) is 0 Å². The second-order valence-electron chi connectivity index (χ2n) is 8.98. The first kappa shape index (κ1) is 21.4. The van der Waals surface area contributed by atoms with Crippen LogP contribution in [0, 0.1) is 0 Å². The number of imidazole rings is 1. The maximum Gasteiger partial charge on any atom is 0.325 e. The van der Waals surface area contributed by atoms with Crippen LogP contribution in [0.15, 0.2) is 58.5 Å². The molecule has 4 heterocycles. The second-order valence-corrected chi connectivity index (χ2v) is 8.98. The predicted octanol–water partition coefficient (Wildman–Crippen LogP) is 2.18. The van der Waals surface area contributed by atoms with Gasteiger partial charge in [-0.1, -0.05) is 12.1 Å². The van der Waals surface area contributed by atoms with E-state index in [1.165, 1.54) is 11.1 Å². The number of aromatic nitrogens is 5. The van der Waals surface area contributed by atoms with Crippen LogP contribution in [0.2, 0.25) is 0 Å². The number of nitrogens with zero attached hydrogens (tertiary/aromatic N) is 4. The second kappa shape index (κ2) is 7.97. The van der Waals surface area contributed by atoms with E-state index in [9.17, 15) is 23.2 Å². The monoisotopic (exact) mass is 478 g/mol. The highest BCUT2D eigenvalue weighted by molar-refractivity contribution is 5.94. The minimum atomic E-state index is -1.65. The van der Waals surface area contributed by atoms with Crippen molar-refractivity contribution in [3.8, 4) is 11.3 Å². The summed E-state index contributed by atoms with van der Waals surface area (Å²) in [6.07, 6.45) is 2.14. The van der Waals surface area contributed by atoms with Gasteiger partial charge >= 0.3 is 5.69 Å². The van der Waals surface area contributed by atoms with Crippen molar-refractivity contribution in [1.82, 2.24) is 29.5 Å². The van der Waals surface area contributed by atoms with Crippen molar-refractivity contribution in [2.24, 2.45) is 0 Å². The molecule has 11 heteroatoms. The number of nitrogens with one attached hydrogen (secondary N) is 2. The lowest BCUT2D eigenvalue weighted by molar-refractivity contribution is 0.0778. The van der Waals surface area contributed by atoms with Gasteiger partial charge in [0.15, 0.2) is 18.0 Å². The molecule has 0 bridgehead atoms. The number of fused-ring (bicyclic) bond motifs is 1. The molecule has 9 nitrogen and oxygen atoms in total. The van der Waals surface area contributed by atoms with E-state index >= 15 is 0 Å². The normalized spacial score (nSPS) is 23.7. The summed E-state index contributed by atoms with van der Waals surface area (Å²) in [5.41, 5.74) is 2.38. The Morgan fingerprint density at radius 1 is 1.09 bits per heavy atom. The molecule has 1 saturated carbocycles. The van der Waals surface area contributed by atoms with Crippen molar-refractivity contribution in [1.29, 1.82) is 0 Å². The number of benzene rings is 1. The number of alkyl halides is 2. The zero-order chi connectivity index (χ0) is 24.3. The number of amides is 1. The molecule has 0 radical (unpaired) electrons. The lowest BCUT2D eigenvalue weighted by Crippen LogP contribution is -2.29. The standard InChI is InChI=1S/C24H20F2N6O3/c25-18-10-31(11-19(18)26)23(34)13-3-1-2-12(6-13)14-7-15(14)16-8-20(30-32-5-4-27-21(16)32)17-9-28-24(35)29-22(17)33/h1-6,8-9,14-15,18-19H,7,10-11H2,(H2,28,29,33,35)/t14-,15+,18-,19-/m1/s1. The smallest absolute Gasteiger partial charge is 0.325 e. The molecule has 2 fully saturated rings. The summed E-state index contributed by atoms with van der Waals surface area (Å²) in [7, 11) is 0. The number of hydrogen-bond acceptors (Lipinski definition) is 5. The fraction of sp³-hybridized carbons (Fsp3) is 0.292. The van der Waals surface area contributed by atoms with Gasteiger partial charge in [0.25, 0.3) is 11.5 Å². The van der Waals surface area contributed by atoms with Crippen LogP contribution in [0.5, 0.6) is 0 Å². The van der Waals surface area contributed by atoms with Crippen LogP contribution >= 0.6 is 0 Å². The van der Waals surface area contributed by atoms with Gasteiger partial charge in [0, 0.05) is 29.7 Å². The first-order chi connectivity index (χ1) is 16.9. The van der Waals surface area contributed by atoms with Gasteiger partial charge < -0.3 is 9.88 Å². The van der Waals surface area contributed by atoms with Crippen LogP contribution in [0.1, 0.15) is 39.7 Å². The summed E-state index contributed by atoms with van der Waals surface area (Å²) < 4.78 is 28.8. The molecule has 35 heavy (non-hydrogen) atoms. The largest absolute Gasteiger partial charge is 0.333 e. The van der Waals surface area contributed by atoms with E-state index in [1.807, 2.05) is 6.07 Å². The summed E-state index contributed by atoms with van der Waals surface area (Å²) in [5, 5.41) is 4.46. The molecule has 2 N–H and O–H groups in total. The number of H-pyrrole nitrogens is 2. The van der Waals surface area contributed by atoms with Crippen LogP contribution in [0.3, 0.4) is 0 Å². The highest BCUT2D eigenvalue weighted by Crippen LogP contribution is 2.55. The lowest BCUT2D eigenvalue weighted by Gasteiger charge is -2.15. The summed E-state index contributed by atoms with van der Waals surface area (Å²) in [6.45, 7) is -0.477. The molecular formula is C24H20F2N6O3. The maximum atomic E-state index is 13.6. The van der Waals surface area contributed by atoms with Crippen molar-refractivity contribution in [2.45, 2.75) is 30.6 Å². The van der Waals surface area contributed by atoms with Crippen LogP contribution in [0.25, 0.3) is 16.9 Å². The quantitative estimate of drug-likeness (QED) is 0.467. The molecule has 1 amide bonds. The van der Waals surface area contributed by atoms with E-state index in [1.54, 1.807) is 41.2 Å². The Morgan fingerprint density at radius 3 is 2.66 bits per heavy atom. The Bertz CT molecular complexity index is 1570. The minimum absolute atomic E-state index is 0.0751. The van der Waals surface area contributed by atoms with Crippen molar-refractivity contribution in [3.63, 3.8) is 0 Å². The molecule has 4 aromatic rings. The third kappa shape index (κ3) is 3.72. The lowest BCUT2D eigenvalue weighted by atomic mass is 10.0. The van der Waals surface area contributed by atoms with E-state index in [0.717, 1.165) is 17.5 Å². The summed E-state index contributed by atoms with van der Waals surface area (Å²) in [6, 6.07) is 8.94. The SMILES string of the molecule is O=C(c1cccc([C@H]2C[C@@H]2c2cc(-c3c[nH]c(=O)[nH]c3=O)nn3ccnc23)c1)N1C[C@@H](F)[C@H](F)C1. The van der Waals surface area contributed by atoms with Crippen LogP contribution in [-0.2, 0) is 0 Å². The zero-order valence-corrected chi connectivity index (χ0v) is 18.3. The average molecular weight is 478 g/mol. The summed E-state index contributed by atoms with van der Waals surface area (Å²) in [4.78, 5) is 46.8. The van der Waals surface area contributed by atoms with Crippen molar-refractivity contribution < 1.29 is 13.6 Å². The number of aromatic amines is 2. The van der Waals surface area contributed by atoms with Crippen LogP contribution in [0.4, 0.5) is 8.78 Å². The van der Waals surface area contributed by atoms with Gasteiger partial charge in [-0.2, -0.15) is 5.10 Å². The van der Waals surface area contributed by atoms with Crippen molar-refractivity contribution >= 4 is 11.6 Å². The number of hydrogen-bond donors (Lipinski definition) is 2. The van der Waals surface area contributed by atoms with E-state index in [0.29, 0.717) is 16.9 Å². The first-order valence-electron chi connectivity index (χ1n) is 11.2. The molecule has 1 aliphatic heterocycles.